The fourth-order valence-corrected chi connectivity index (χ4v) is 2.90. The summed E-state index contributed by atoms with van der Waals surface area (Å²) in [4.78, 5) is 35.0. The lowest BCUT2D eigenvalue weighted by Crippen LogP contribution is -2.26. The summed E-state index contributed by atoms with van der Waals surface area (Å²) in [5, 5.41) is 7.15. The van der Waals surface area contributed by atoms with Gasteiger partial charge in [-0.05, 0) is 24.6 Å². The predicted octanol–water partition coefficient (Wildman–Crippen LogP) is 1.28. The zero-order chi connectivity index (χ0) is 16.8. The first kappa shape index (κ1) is 17.0. The Morgan fingerprint density at radius 1 is 1.30 bits per heavy atom. The van der Waals surface area contributed by atoms with Crippen molar-refractivity contribution >= 4 is 23.2 Å². The van der Waals surface area contributed by atoms with Gasteiger partial charge in [0.05, 0.1) is 0 Å². The van der Waals surface area contributed by atoms with E-state index in [0.717, 1.165) is 22.6 Å². The molecule has 0 aliphatic heterocycles. The number of aromatic nitrogens is 1. The van der Waals surface area contributed by atoms with Gasteiger partial charge < -0.3 is 15.2 Å². The molecule has 1 heterocycles. The minimum absolute atomic E-state index is 0.0476. The van der Waals surface area contributed by atoms with Gasteiger partial charge in [-0.25, -0.2) is 0 Å². The fourth-order valence-electron chi connectivity index (χ4n) is 2.14. The molecule has 2 aromatic rings. The molecule has 0 aliphatic rings. The van der Waals surface area contributed by atoms with Gasteiger partial charge in [-0.15, -0.1) is 0 Å². The van der Waals surface area contributed by atoms with Crippen LogP contribution in [0.1, 0.15) is 28.0 Å². The predicted molar refractivity (Wildman–Crippen MR) is 89.6 cm³/mol. The van der Waals surface area contributed by atoms with E-state index in [2.05, 4.69) is 10.6 Å². The van der Waals surface area contributed by atoms with Gasteiger partial charge in [-0.1, -0.05) is 23.5 Å². The summed E-state index contributed by atoms with van der Waals surface area (Å²) in [6.07, 6.45) is 0.243. The smallest absolute Gasteiger partial charge is 0.307 e. The Morgan fingerprint density at radius 2 is 2.09 bits per heavy atom. The average Bonchev–Trinajstić information content (AvgIpc) is 2.88. The van der Waals surface area contributed by atoms with E-state index in [4.69, 9.17) is 0 Å². The van der Waals surface area contributed by atoms with Crippen molar-refractivity contribution in [3.05, 3.63) is 56.1 Å². The normalized spacial score (nSPS) is 10.3. The Labute approximate surface area is 138 Å². The minimum Gasteiger partial charge on any atom is -0.355 e. The van der Waals surface area contributed by atoms with Crippen molar-refractivity contribution in [2.45, 2.75) is 26.4 Å². The first-order chi connectivity index (χ1) is 11.0. The second-order valence-corrected chi connectivity index (χ2v) is 5.92. The highest BCUT2D eigenvalue weighted by atomic mass is 32.1. The Balaban J connectivity index is 1.87. The number of benzene rings is 1. The van der Waals surface area contributed by atoms with Crippen LogP contribution < -0.4 is 15.5 Å². The van der Waals surface area contributed by atoms with Crippen molar-refractivity contribution in [3.8, 4) is 0 Å². The van der Waals surface area contributed by atoms with E-state index >= 15 is 0 Å². The number of thiazole rings is 1. The number of rotatable bonds is 6. The quantitative estimate of drug-likeness (QED) is 0.836. The topological polar surface area (TPSA) is 80.2 Å². The molecular weight excluding hydrogens is 314 g/mol. The van der Waals surface area contributed by atoms with Crippen molar-refractivity contribution in [2.75, 3.05) is 7.05 Å². The molecule has 2 N–H and O–H groups in total. The summed E-state index contributed by atoms with van der Waals surface area (Å²) in [6, 6.07) is 7.09. The number of carbonyl (C=O) groups is 2. The number of hydrogen-bond acceptors (Lipinski definition) is 4. The largest absolute Gasteiger partial charge is 0.355 e. The van der Waals surface area contributed by atoms with E-state index in [9.17, 15) is 14.4 Å². The number of carbonyl (C=O) groups excluding carboxylic acids is 2. The minimum atomic E-state index is -0.162. The molecule has 122 valence electrons. The molecule has 0 saturated heterocycles. The van der Waals surface area contributed by atoms with Gasteiger partial charge in [0.15, 0.2) is 0 Å². The first-order valence-corrected chi connectivity index (χ1v) is 8.12. The van der Waals surface area contributed by atoms with Crippen LogP contribution in [0.3, 0.4) is 0 Å². The van der Waals surface area contributed by atoms with Crippen molar-refractivity contribution in [3.63, 3.8) is 0 Å². The lowest BCUT2D eigenvalue weighted by atomic mass is 10.1. The molecule has 2 amide bonds. The van der Waals surface area contributed by atoms with E-state index in [1.807, 2.05) is 13.0 Å². The summed E-state index contributed by atoms with van der Waals surface area (Å²) in [7, 11) is 1.57. The summed E-state index contributed by atoms with van der Waals surface area (Å²) < 4.78 is 1.59. The van der Waals surface area contributed by atoms with E-state index in [1.165, 1.54) is 0 Å². The first-order valence-electron chi connectivity index (χ1n) is 7.24. The number of nitrogens with zero attached hydrogens (tertiary/aromatic N) is 1. The molecule has 23 heavy (non-hydrogen) atoms. The van der Waals surface area contributed by atoms with Crippen LogP contribution >= 0.6 is 11.3 Å². The van der Waals surface area contributed by atoms with Crippen LogP contribution in [-0.2, 0) is 17.9 Å². The van der Waals surface area contributed by atoms with Gasteiger partial charge in [0.2, 0.25) is 5.91 Å². The summed E-state index contributed by atoms with van der Waals surface area (Å²) in [6.45, 7) is 2.57. The van der Waals surface area contributed by atoms with Gasteiger partial charge in [0.1, 0.15) is 0 Å². The van der Waals surface area contributed by atoms with Crippen LogP contribution in [0.15, 0.2) is 34.4 Å². The summed E-state index contributed by atoms with van der Waals surface area (Å²) >= 11 is 1.14. The van der Waals surface area contributed by atoms with Crippen LogP contribution in [0.2, 0.25) is 0 Å². The number of nitrogens with one attached hydrogen (secondary N) is 2. The highest BCUT2D eigenvalue weighted by molar-refractivity contribution is 7.07. The fraction of sp³-hybridized carbons (Fsp3) is 0.312. The van der Waals surface area contributed by atoms with Crippen LogP contribution in [0.5, 0.6) is 0 Å². The second kappa shape index (κ2) is 7.73. The highest BCUT2D eigenvalue weighted by Crippen LogP contribution is 2.05. The Kier molecular flexibility index (Phi) is 5.70. The molecule has 7 heteroatoms. The van der Waals surface area contributed by atoms with Crippen molar-refractivity contribution < 1.29 is 9.59 Å². The number of aryl methyl sites for hydroxylation is 1. The molecule has 0 fully saturated rings. The molecule has 0 bridgehead atoms. The van der Waals surface area contributed by atoms with Crippen molar-refractivity contribution in [1.29, 1.82) is 0 Å². The van der Waals surface area contributed by atoms with E-state index in [0.29, 0.717) is 18.7 Å². The van der Waals surface area contributed by atoms with Crippen molar-refractivity contribution in [1.82, 2.24) is 15.2 Å². The zero-order valence-corrected chi connectivity index (χ0v) is 13.9. The zero-order valence-electron chi connectivity index (χ0n) is 13.1. The number of amides is 2. The molecule has 0 radical (unpaired) electrons. The Morgan fingerprint density at radius 3 is 2.74 bits per heavy atom. The van der Waals surface area contributed by atoms with Crippen LogP contribution in [0.25, 0.3) is 0 Å². The molecule has 0 unspecified atom stereocenters. The summed E-state index contributed by atoms with van der Waals surface area (Å²) in [5.74, 6) is -0.293. The van der Waals surface area contributed by atoms with Gasteiger partial charge in [-0.3, -0.25) is 14.4 Å². The van der Waals surface area contributed by atoms with Crippen LogP contribution in [-0.4, -0.2) is 23.4 Å². The lowest BCUT2D eigenvalue weighted by molar-refractivity contribution is -0.121. The third-order valence-electron chi connectivity index (χ3n) is 3.44. The molecule has 1 aromatic heterocycles. The maximum absolute atomic E-state index is 11.9. The van der Waals surface area contributed by atoms with E-state index in [-0.39, 0.29) is 23.1 Å². The SMILES string of the molecule is CNC(=O)c1cccc(CNC(=O)CCn2c(C)csc2=O)c1. The Hall–Kier alpha value is -2.41. The molecule has 1 aromatic carbocycles. The number of hydrogen-bond donors (Lipinski definition) is 2. The van der Waals surface area contributed by atoms with E-state index in [1.54, 1.807) is 35.2 Å². The second-order valence-electron chi connectivity index (χ2n) is 5.10. The standard InChI is InChI=1S/C16H19N3O3S/c1-11-10-23-16(22)19(11)7-6-14(20)18-9-12-4-3-5-13(8-12)15(21)17-2/h3-5,8,10H,6-7,9H2,1-2H3,(H,17,21)(H,18,20). The van der Waals surface area contributed by atoms with Crippen LogP contribution in [0.4, 0.5) is 0 Å². The maximum atomic E-state index is 11.9. The highest BCUT2D eigenvalue weighted by Gasteiger charge is 2.07. The van der Waals surface area contributed by atoms with Gasteiger partial charge in [0, 0.05) is 43.2 Å². The van der Waals surface area contributed by atoms with Gasteiger partial charge >= 0.3 is 4.87 Å². The molecule has 0 saturated carbocycles. The molecule has 0 atom stereocenters. The molecular formula is C16H19N3O3S. The third-order valence-corrected chi connectivity index (χ3v) is 4.33. The molecule has 0 spiro atoms. The van der Waals surface area contributed by atoms with E-state index < -0.39 is 0 Å². The van der Waals surface area contributed by atoms with Gasteiger partial charge in [0.25, 0.3) is 5.91 Å². The van der Waals surface area contributed by atoms with Gasteiger partial charge in [-0.2, -0.15) is 0 Å². The van der Waals surface area contributed by atoms with Crippen LogP contribution in [0, 0.1) is 6.92 Å². The molecule has 6 nitrogen and oxygen atoms in total. The monoisotopic (exact) mass is 333 g/mol. The molecule has 2 rings (SSSR count). The third kappa shape index (κ3) is 4.53. The lowest BCUT2D eigenvalue weighted by Gasteiger charge is -2.08. The Bertz CT molecular complexity index is 764. The van der Waals surface area contributed by atoms with Crippen molar-refractivity contribution in [2.24, 2.45) is 0 Å². The average molecular weight is 333 g/mol. The maximum Gasteiger partial charge on any atom is 0.307 e. The summed E-state index contributed by atoms with van der Waals surface area (Å²) in [5.41, 5.74) is 2.27. The molecule has 0 aliphatic carbocycles.